The van der Waals surface area contributed by atoms with E-state index in [2.05, 4.69) is 0 Å². The summed E-state index contributed by atoms with van der Waals surface area (Å²) in [6, 6.07) is 3.24. The minimum atomic E-state index is -0.852. The van der Waals surface area contributed by atoms with Crippen LogP contribution in [0.3, 0.4) is 0 Å². The molecule has 4 nitrogen and oxygen atoms in total. The number of hydrogen-bond donors (Lipinski definition) is 3. The van der Waals surface area contributed by atoms with E-state index in [1.54, 1.807) is 6.07 Å². The molecule has 2 rings (SSSR count). The Bertz CT molecular complexity index is 457. The summed E-state index contributed by atoms with van der Waals surface area (Å²) >= 11 is 0. The highest BCUT2D eigenvalue weighted by Gasteiger charge is 2.21. The Morgan fingerprint density at radius 1 is 1.33 bits per heavy atom. The Labute approximate surface area is 106 Å². The molecular formula is C14H19NO3. The van der Waals surface area contributed by atoms with E-state index in [1.807, 2.05) is 6.07 Å². The molecule has 0 aliphatic heterocycles. The van der Waals surface area contributed by atoms with Crippen molar-refractivity contribution < 1.29 is 15.0 Å². The first-order valence-corrected chi connectivity index (χ1v) is 6.40. The highest BCUT2D eigenvalue weighted by atomic mass is 16.4. The number of nitrogens with two attached hydrogens (primary N) is 1. The van der Waals surface area contributed by atoms with Crippen molar-refractivity contribution in [2.45, 2.75) is 44.6 Å². The summed E-state index contributed by atoms with van der Waals surface area (Å²) in [5, 5.41) is 18.7. The lowest BCUT2D eigenvalue weighted by Gasteiger charge is -2.23. The van der Waals surface area contributed by atoms with Gasteiger partial charge in [0.2, 0.25) is 0 Å². The largest absolute Gasteiger partial charge is 0.508 e. The number of phenols is 1. The molecule has 0 amide bonds. The molecule has 4 heteroatoms. The first kappa shape index (κ1) is 12.9. The lowest BCUT2D eigenvalue weighted by molar-refractivity contribution is -0.137. The molecule has 0 saturated carbocycles. The van der Waals surface area contributed by atoms with E-state index in [1.165, 1.54) is 12.0 Å². The third-order valence-electron chi connectivity index (χ3n) is 3.59. The minimum absolute atomic E-state index is 0.0320. The highest BCUT2D eigenvalue weighted by Crippen LogP contribution is 2.35. The van der Waals surface area contributed by atoms with E-state index < -0.39 is 12.0 Å². The van der Waals surface area contributed by atoms with Gasteiger partial charge in [0.25, 0.3) is 0 Å². The van der Waals surface area contributed by atoms with E-state index in [9.17, 15) is 9.90 Å². The average Bonchev–Trinajstić information content (AvgIpc) is 2.36. The number of aryl methyl sites for hydroxylation is 1. The van der Waals surface area contributed by atoms with Crippen LogP contribution >= 0.6 is 0 Å². The summed E-state index contributed by atoms with van der Waals surface area (Å²) in [5.41, 5.74) is 9.19. The molecule has 0 spiro atoms. The van der Waals surface area contributed by atoms with Gasteiger partial charge in [-0.15, -0.1) is 0 Å². The molecule has 1 unspecified atom stereocenters. The van der Waals surface area contributed by atoms with Gasteiger partial charge < -0.3 is 15.9 Å². The molecule has 0 heterocycles. The average molecular weight is 249 g/mol. The third-order valence-corrected chi connectivity index (χ3v) is 3.59. The van der Waals surface area contributed by atoms with Crippen LogP contribution < -0.4 is 5.73 Å². The van der Waals surface area contributed by atoms with E-state index in [-0.39, 0.29) is 12.2 Å². The third kappa shape index (κ3) is 2.64. The van der Waals surface area contributed by atoms with E-state index >= 15 is 0 Å². The maximum atomic E-state index is 10.6. The van der Waals surface area contributed by atoms with Crippen LogP contribution in [-0.2, 0) is 17.6 Å². The number of carboxylic acid groups (broad SMARTS) is 1. The lowest BCUT2D eigenvalue weighted by Crippen LogP contribution is -2.17. The second-order valence-electron chi connectivity index (χ2n) is 4.88. The van der Waals surface area contributed by atoms with Crippen molar-refractivity contribution in [3.05, 3.63) is 28.8 Å². The van der Waals surface area contributed by atoms with Gasteiger partial charge in [0.1, 0.15) is 5.75 Å². The van der Waals surface area contributed by atoms with E-state index in [0.29, 0.717) is 6.42 Å². The van der Waals surface area contributed by atoms with Crippen molar-refractivity contribution >= 4 is 5.97 Å². The van der Waals surface area contributed by atoms with Crippen molar-refractivity contribution in [1.29, 1.82) is 0 Å². The molecule has 1 aromatic rings. The lowest BCUT2D eigenvalue weighted by atomic mass is 9.84. The summed E-state index contributed by atoms with van der Waals surface area (Å²) in [4.78, 5) is 10.6. The quantitative estimate of drug-likeness (QED) is 0.763. The van der Waals surface area contributed by atoms with Gasteiger partial charge in [0.15, 0.2) is 0 Å². The Hall–Kier alpha value is -1.55. The number of aromatic hydroxyl groups is 1. The number of carbonyl (C=O) groups is 1. The molecule has 0 fully saturated rings. The first-order chi connectivity index (χ1) is 8.59. The van der Waals surface area contributed by atoms with Crippen molar-refractivity contribution in [3.8, 4) is 5.75 Å². The Morgan fingerprint density at radius 2 is 2.06 bits per heavy atom. The predicted octanol–water partition coefficient (Wildman–Crippen LogP) is 2.14. The number of rotatable bonds is 4. The molecule has 1 aromatic carbocycles. The van der Waals surface area contributed by atoms with Gasteiger partial charge in [0, 0.05) is 18.0 Å². The molecule has 4 N–H and O–H groups in total. The molecule has 1 aliphatic carbocycles. The molecule has 0 saturated heterocycles. The molecule has 1 atom stereocenters. The van der Waals surface area contributed by atoms with Gasteiger partial charge in [-0.05, 0) is 49.3 Å². The monoisotopic (exact) mass is 249 g/mol. The van der Waals surface area contributed by atoms with Gasteiger partial charge in [-0.2, -0.15) is 0 Å². The van der Waals surface area contributed by atoms with Gasteiger partial charge >= 0.3 is 5.97 Å². The van der Waals surface area contributed by atoms with Gasteiger partial charge in [-0.3, -0.25) is 4.79 Å². The Morgan fingerprint density at radius 3 is 2.78 bits per heavy atom. The normalized spacial score (nSPS) is 16.1. The summed E-state index contributed by atoms with van der Waals surface area (Å²) in [6.45, 7) is 0. The van der Waals surface area contributed by atoms with Crippen molar-refractivity contribution in [1.82, 2.24) is 0 Å². The number of hydrogen-bond acceptors (Lipinski definition) is 3. The fraction of sp³-hybridized carbons (Fsp3) is 0.500. The second kappa shape index (κ2) is 5.40. The van der Waals surface area contributed by atoms with Crippen LogP contribution in [0.1, 0.15) is 48.4 Å². The smallest absolute Gasteiger partial charge is 0.303 e. The number of benzene rings is 1. The number of fused-ring (bicyclic) bond motifs is 1. The minimum Gasteiger partial charge on any atom is -0.508 e. The number of aliphatic carboxylic acids is 1. The maximum absolute atomic E-state index is 10.6. The standard InChI is InChI=1S/C14H19NO3/c15-11(6-8-13(17)18)14-10-4-2-1-3-9(10)5-7-12(14)16/h5,7,11,16H,1-4,6,8,15H2,(H,17,18). The molecule has 18 heavy (non-hydrogen) atoms. The van der Waals surface area contributed by atoms with Crippen LogP contribution in [0.5, 0.6) is 5.75 Å². The maximum Gasteiger partial charge on any atom is 0.303 e. The number of phenolic OH excluding ortho intramolecular Hbond substituents is 1. The summed E-state index contributed by atoms with van der Waals surface area (Å²) in [6.07, 6.45) is 4.62. The second-order valence-corrected chi connectivity index (χ2v) is 4.88. The molecule has 1 aliphatic rings. The van der Waals surface area contributed by atoms with Crippen LogP contribution in [-0.4, -0.2) is 16.2 Å². The fourth-order valence-corrected chi connectivity index (χ4v) is 2.68. The molecular weight excluding hydrogens is 230 g/mol. The summed E-state index contributed by atoms with van der Waals surface area (Å²) in [7, 11) is 0. The van der Waals surface area contributed by atoms with Gasteiger partial charge in [0.05, 0.1) is 0 Å². The van der Waals surface area contributed by atoms with Crippen LogP contribution in [0.4, 0.5) is 0 Å². The Balaban J connectivity index is 2.27. The number of carboxylic acids is 1. The summed E-state index contributed by atoms with van der Waals surface area (Å²) in [5.74, 6) is -0.650. The van der Waals surface area contributed by atoms with E-state index in [4.69, 9.17) is 10.8 Å². The van der Waals surface area contributed by atoms with E-state index in [0.717, 1.165) is 30.4 Å². The van der Waals surface area contributed by atoms with Crippen molar-refractivity contribution in [2.75, 3.05) is 0 Å². The zero-order valence-corrected chi connectivity index (χ0v) is 10.4. The van der Waals surface area contributed by atoms with Crippen LogP contribution in [0.15, 0.2) is 12.1 Å². The molecule has 0 aromatic heterocycles. The first-order valence-electron chi connectivity index (χ1n) is 6.40. The van der Waals surface area contributed by atoms with Crippen LogP contribution in [0.2, 0.25) is 0 Å². The highest BCUT2D eigenvalue weighted by molar-refractivity contribution is 5.66. The Kier molecular flexibility index (Phi) is 3.87. The van der Waals surface area contributed by atoms with Crippen molar-refractivity contribution in [2.24, 2.45) is 5.73 Å². The summed E-state index contributed by atoms with van der Waals surface area (Å²) < 4.78 is 0. The van der Waals surface area contributed by atoms with Gasteiger partial charge in [-0.25, -0.2) is 0 Å². The predicted molar refractivity (Wildman–Crippen MR) is 68.5 cm³/mol. The topological polar surface area (TPSA) is 83.6 Å². The fourth-order valence-electron chi connectivity index (χ4n) is 2.68. The van der Waals surface area contributed by atoms with Crippen LogP contribution in [0, 0.1) is 0 Å². The van der Waals surface area contributed by atoms with Crippen LogP contribution in [0.25, 0.3) is 0 Å². The molecule has 0 radical (unpaired) electrons. The SMILES string of the molecule is NC(CCC(=O)O)c1c(O)ccc2c1CCCC2. The zero-order chi connectivity index (χ0) is 13.1. The molecule has 0 bridgehead atoms. The van der Waals surface area contributed by atoms with Crippen molar-refractivity contribution in [3.63, 3.8) is 0 Å². The molecule has 98 valence electrons. The zero-order valence-electron chi connectivity index (χ0n) is 10.4. The van der Waals surface area contributed by atoms with Gasteiger partial charge in [-0.1, -0.05) is 6.07 Å².